The van der Waals surface area contributed by atoms with Crippen LogP contribution in [-0.4, -0.2) is 20.8 Å². The van der Waals surface area contributed by atoms with Gasteiger partial charge in [0.05, 0.1) is 11.3 Å². The molecule has 0 bridgehead atoms. The van der Waals surface area contributed by atoms with Crippen molar-refractivity contribution in [2.24, 2.45) is 10.9 Å². The summed E-state index contributed by atoms with van der Waals surface area (Å²) >= 11 is 3.36. The Morgan fingerprint density at radius 2 is 2.25 bits per heavy atom. The van der Waals surface area contributed by atoms with Gasteiger partial charge in [0.1, 0.15) is 0 Å². The van der Waals surface area contributed by atoms with E-state index >= 15 is 0 Å². The lowest BCUT2D eigenvalue weighted by Crippen LogP contribution is -2.17. The Bertz CT molecular complexity index is 522. The van der Waals surface area contributed by atoms with Gasteiger partial charge >= 0.3 is 0 Å². The second-order valence-electron chi connectivity index (χ2n) is 3.07. The molecule has 5 nitrogen and oxygen atoms in total. The van der Waals surface area contributed by atoms with Crippen LogP contribution < -0.4 is 5.73 Å². The van der Waals surface area contributed by atoms with Crippen LogP contribution in [0.25, 0.3) is 5.69 Å². The Balaban J connectivity index is 2.67. The van der Waals surface area contributed by atoms with Gasteiger partial charge < -0.3 is 10.9 Å². The normalized spacial score (nSPS) is 11.7. The molecule has 1 aromatic carbocycles. The third-order valence-electron chi connectivity index (χ3n) is 2.11. The van der Waals surface area contributed by atoms with Crippen LogP contribution in [0.4, 0.5) is 0 Å². The number of hydrogen-bond acceptors (Lipinski definition) is 3. The minimum atomic E-state index is 0.0398. The summed E-state index contributed by atoms with van der Waals surface area (Å²) in [5.74, 6) is 0.0398. The van der Waals surface area contributed by atoms with Crippen molar-refractivity contribution >= 4 is 21.8 Å². The van der Waals surface area contributed by atoms with E-state index in [4.69, 9.17) is 10.9 Å². The molecular weight excluding hydrogens is 272 g/mol. The van der Waals surface area contributed by atoms with Crippen molar-refractivity contribution in [1.82, 2.24) is 9.78 Å². The topological polar surface area (TPSA) is 76.4 Å². The molecule has 82 valence electrons. The molecule has 0 spiro atoms. The van der Waals surface area contributed by atoms with Gasteiger partial charge in [0.2, 0.25) is 0 Å². The SMILES string of the molecule is N/C(=N/O)c1c(Br)cccc1-n1cccn1. The van der Waals surface area contributed by atoms with Gasteiger partial charge in [-0.3, -0.25) is 0 Å². The molecule has 0 saturated carbocycles. The summed E-state index contributed by atoms with van der Waals surface area (Å²) in [5.41, 5.74) is 6.98. The van der Waals surface area contributed by atoms with Crippen molar-refractivity contribution in [2.75, 3.05) is 0 Å². The Labute approximate surface area is 100 Å². The number of aromatic nitrogens is 2. The van der Waals surface area contributed by atoms with Crippen LogP contribution >= 0.6 is 15.9 Å². The highest BCUT2D eigenvalue weighted by Gasteiger charge is 2.12. The molecule has 2 rings (SSSR count). The fourth-order valence-corrected chi connectivity index (χ4v) is 1.98. The number of amidine groups is 1. The number of benzene rings is 1. The van der Waals surface area contributed by atoms with Crippen LogP contribution in [0.2, 0.25) is 0 Å². The zero-order valence-electron chi connectivity index (χ0n) is 8.21. The largest absolute Gasteiger partial charge is 0.409 e. The van der Waals surface area contributed by atoms with Crippen LogP contribution in [-0.2, 0) is 0 Å². The van der Waals surface area contributed by atoms with Crippen LogP contribution in [0.3, 0.4) is 0 Å². The summed E-state index contributed by atoms with van der Waals surface area (Å²) in [6, 6.07) is 7.32. The number of oxime groups is 1. The molecular formula is C10H9BrN4O. The Hall–Kier alpha value is -1.82. The number of hydrogen-bond donors (Lipinski definition) is 2. The molecule has 0 unspecified atom stereocenters. The van der Waals surface area contributed by atoms with Gasteiger partial charge in [0.25, 0.3) is 0 Å². The minimum Gasteiger partial charge on any atom is -0.409 e. The molecule has 3 N–H and O–H groups in total. The maximum Gasteiger partial charge on any atom is 0.173 e. The Kier molecular flexibility index (Phi) is 2.91. The number of nitrogens with two attached hydrogens (primary N) is 1. The number of halogens is 1. The highest BCUT2D eigenvalue weighted by atomic mass is 79.9. The minimum absolute atomic E-state index is 0.0398. The van der Waals surface area contributed by atoms with E-state index in [2.05, 4.69) is 26.2 Å². The van der Waals surface area contributed by atoms with E-state index < -0.39 is 0 Å². The smallest absolute Gasteiger partial charge is 0.173 e. The van der Waals surface area contributed by atoms with Gasteiger partial charge in [-0.1, -0.05) is 11.2 Å². The highest BCUT2D eigenvalue weighted by Crippen LogP contribution is 2.22. The molecule has 16 heavy (non-hydrogen) atoms. The molecule has 0 atom stereocenters. The van der Waals surface area contributed by atoms with E-state index in [1.54, 1.807) is 23.1 Å². The second kappa shape index (κ2) is 4.36. The molecule has 0 fully saturated rings. The first-order valence-corrected chi connectivity index (χ1v) is 5.29. The number of rotatable bonds is 2. The zero-order valence-corrected chi connectivity index (χ0v) is 9.79. The lowest BCUT2D eigenvalue weighted by Gasteiger charge is -2.09. The van der Waals surface area contributed by atoms with Gasteiger partial charge in [0, 0.05) is 16.9 Å². The summed E-state index contributed by atoms with van der Waals surface area (Å²) in [5, 5.41) is 15.9. The maximum absolute atomic E-state index is 8.75. The fraction of sp³-hybridized carbons (Fsp3) is 0. The van der Waals surface area contributed by atoms with Crippen molar-refractivity contribution in [1.29, 1.82) is 0 Å². The van der Waals surface area contributed by atoms with Crippen molar-refractivity contribution in [3.05, 3.63) is 46.7 Å². The summed E-state index contributed by atoms with van der Waals surface area (Å²) in [7, 11) is 0. The predicted molar refractivity (Wildman–Crippen MR) is 63.8 cm³/mol. The third kappa shape index (κ3) is 1.79. The monoisotopic (exact) mass is 280 g/mol. The first-order chi connectivity index (χ1) is 7.74. The quantitative estimate of drug-likeness (QED) is 0.381. The van der Waals surface area contributed by atoms with E-state index in [1.165, 1.54) is 0 Å². The third-order valence-corrected chi connectivity index (χ3v) is 2.77. The zero-order chi connectivity index (χ0) is 11.5. The molecule has 1 heterocycles. The second-order valence-corrected chi connectivity index (χ2v) is 3.92. The molecule has 0 radical (unpaired) electrons. The van der Waals surface area contributed by atoms with Gasteiger partial charge in [0.15, 0.2) is 5.84 Å². The van der Waals surface area contributed by atoms with E-state index in [0.29, 0.717) is 5.56 Å². The molecule has 0 aliphatic carbocycles. The van der Waals surface area contributed by atoms with E-state index in [1.807, 2.05) is 18.2 Å². The lowest BCUT2D eigenvalue weighted by molar-refractivity contribution is 0.318. The van der Waals surface area contributed by atoms with E-state index in [-0.39, 0.29) is 5.84 Å². The van der Waals surface area contributed by atoms with Crippen LogP contribution in [0.15, 0.2) is 46.3 Å². The highest BCUT2D eigenvalue weighted by molar-refractivity contribution is 9.10. The van der Waals surface area contributed by atoms with Gasteiger partial charge in [-0.2, -0.15) is 5.10 Å². The van der Waals surface area contributed by atoms with Crippen LogP contribution in [0.5, 0.6) is 0 Å². The summed E-state index contributed by atoms with van der Waals surface area (Å²) in [4.78, 5) is 0. The first-order valence-electron chi connectivity index (χ1n) is 4.50. The number of nitrogens with zero attached hydrogens (tertiary/aromatic N) is 3. The summed E-state index contributed by atoms with van der Waals surface area (Å²) in [6.45, 7) is 0. The van der Waals surface area contributed by atoms with Crippen molar-refractivity contribution in [2.45, 2.75) is 0 Å². The molecule has 1 aromatic heterocycles. The Morgan fingerprint density at radius 1 is 1.44 bits per heavy atom. The van der Waals surface area contributed by atoms with Crippen molar-refractivity contribution in [3.63, 3.8) is 0 Å². The van der Waals surface area contributed by atoms with Gasteiger partial charge in [-0.25, -0.2) is 4.68 Å². The van der Waals surface area contributed by atoms with Crippen molar-refractivity contribution in [3.8, 4) is 5.69 Å². The molecule has 0 amide bonds. The lowest BCUT2D eigenvalue weighted by atomic mass is 10.1. The maximum atomic E-state index is 8.75. The molecule has 6 heteroatoms. The van der Waals surface area contributed by atoms with Crippen LogP contribution in [0.1, 0.15) is 5.56 Å². The average Bonchev–Trinajstić information content (AvgIpc) is 2.81. The summed E-state index contributed by atoms with van der Waals surface area (Å²) < 4.78 is 2.40. The van der Waals surface area contributed by atoms with Crippen LogP contribution in [0, 0.1) is 0 Å². The molecule has 0 saturated heterocycles. The van der Waals surface area contributed by atoms with E-state index in [0.717, 1.165) is 10.2 Å². The van der Waals surface area contributed by atoms with E-state index in [9.17, 15) is 0 Å². The summed E-state index contributed by atoms with van der Waals surface area (Å²) in [6.07, 6.45) is 3.45. The predicted octanol–water partition coefficient (Wildman–Crippen LogP) is 1.73. The average molecular weight is 281 g/mol. The fourth-order valence-electron chi connectivity index (χ4n) is 1.42. The van der Waals surface area contributed by atoms with Crippen molar-refractivity contribution < 1.29 is 5.21 Å². The molecule has 2 aromatic rings. The van der Waals surface area contributed by atoms with Gasteiger partial charge in [-0.15, -0.1) is 0 Å². The molecule has 0 aliphatic rings. The first kappa shape index (κ1) is 10.7. The standard InChI is InChI=1S/C10H9BrN4O/c11-7-3-1-4-8(9(7)10(12)14-16)15-6-2-5-13-15/h1-6,16H,(H2,12,14). The Morgan fingerprint density at radius 3 is 2.88 bits per heavy atom. The van der Waals surface area contributed by atoms with Gasteiger partial charge in [-0.05, 0) is 34.1 Å². The molecule has 0 aliphatic heterocycles.